The average Bonchev–Trinajstić information content (AvgIpc) is 3.09. The van der Waals surface area contributed by atoms with Gasteiger partial charge in [0, 0.05) is 44.1 Å². The van der Waals surface area contributed by atoms with Gasteiger partial charge >= 0.3 is 0 Å². The zero-order valence-electron chi connectivity index (χ0n) is 23.2. The van der Waals surface area contributed by atoms with Crippen LogP contribution < -0.4 is 0 Å². The standard InChI is InChI=1S/C35H39NS/c1-22-12-7-9-16-29(22)35(4,5)30-20-31-28(19-26(30)25-14-11-15-25)27-18-24(3)34(21-32(27)36(31)6)37-33-17-10-8-13-23(33)2/h7,9-10,12,16-21,25H,8,11,13-15H2,1-6H3. The SMILES string of the molecule is CC1=C(Sc2cc3c(cc2C)c2cc(C4CCC4)c(C(C)(C)c4ccccc4C)cc2n3C)C=CCC1. The molecule has 1 heterocycles. The molecule has 2 heteroatoms. The van der Waals surface area contributed by atoms with Gasteiger partial charge in [-0.15, -0.1) is 0 Å². The zero-order valence-corrected chi connectivity index (χ0v) is 24.1. The maximum atomic E-state index is 2.57. The molecule has 0 radical (unpaired) electrons. The van der Waals surface area contributed by atoms with Gasteiger partial charge < -0.3 is 4.57 Å². The summed E-state index contributed by atoms with van der Waals surface area (Å²) in [6, 6.07) is 18.9. The van der Waals surface area contributed by atoms with Gasteiger partial charge in [-0.2, -0.15) is 0 Å². The van der Waals surface area contributed by atoms with Crippen LogP contribution in [0.3, 0.4) is 0 Å². The summed E-state index contributed by atoms with van der Waals surface area (Å²) in [5.41, 5.74) is 11.4. The predicted octanol–water partition coefficient (Wildman–Crippen LogP) is 10.3. The minimum atomic E-state index is -0.0465. The molecular weight excluding hydrogens is 466 g/mol. The first-order chi connectivity index (χ1) is 17.8. The summed E-state index contributed by atoms with van der Waals surface area (Å²) in [7, 11) is 2.26. The smallest absolute Gasteiger partial charge is 0.0500 e. The first kappa shape index (κ1) is 24.6. The highest BCUT2D eigenvalue weighted by Gasteiger charge is 2.32. The van der Waals surface area contributed by atoms with Crippen molar-refractivity contribution in [2.24, 2.45) is 7.05 Å². The molecule has 2 aliphatic carbocycles. The minimum absolute atomic E-state index is 0.0465. The second kappa shape index (κ2) is 9.24. The molecule has 0 amide bonds. The second-order valence-electron chi connectivity index (χ2n) is 11.9. The maximum Gasteiger partial charge on any atom is 0.0500 e. The van der Waals surface area contributed by atoms with Gasteiger partial charge in [0.25, 0.3) is 0 Å². The van der Waals surface area contributed by atoms with Gasteiger partial charge in [0.05, 0.1) is 0 Å². The molecule has 0 saturated heterocycles. The highest BCUT2D eigenvalue weighted by Crippen LogP contribution is 2.47. The molecule has 1 saturated carbocycles. The summed E-state index contributed by atoms with van der Waals surface area (Å²) in [6.07, 6.45) is 11.0. The second-order valence-corrected chi connectivity index (χ2v) is 13.0. The van der Waals surface area contributed by atoms with E-state index < -0.39 is 0 Å². The van der Waals surface area contributed by atoms with Crippen LogP contribution in [-0.2, 0) is 12.5 Å². The summed E-state index contributed by atoms with van der Waals surface area (Å²) >= 11 is 1.94. The van der Waals surface area contributed by atoms with Crippen molar-refractivity contribution in [1.82, 2.24) is 4.57 Å². The van der Waals surface area contributed by atoms with Crippen molar-refractivity contribution >= 4 is 33.6 Å². The van der Waals surface area contributed by atoms with Gasteiger partial charge in [-0.25, -0.2) is 0 Å². The summed E-state index contributed by atoms with van der Waals surface area (Å²) in [4.78, 5) is 2.79. The molecule has 1 fully saturated rings. The molecule has 6 rings (SSSR count). The Hall–Kier alpha value is -2.71. The number of hydrogen-bond donors (Lipinski definition) is 0. The summed E-state index contributed by atoms with van der Waals surface area (Å²) < 4.78 is 2.44. The van der Waals surface area contributed by atoms with E-state index in [1.165, 1.54) is 91.5 Å². The van der Waals surface area contributed by atoms with Gasteiger partial charge in [0.15, 0.2) is 0 Å². The van der Waals surface area contributed by atoms with E-state index in [0.717, 1.165) is 0 Å². The number of thioether (sulfide) groups is 1. The van der Waals surface area contributed by atoms with Crippen molar-refractivity contribution in [3.05, 3.63) is 99.0 Å². The Kier molecular flexibility index (Phi) is 6.15. The number of nitrogens with zero attached hydrogens (tertiary/aromatic N) is 1. The van der Waals surface area contributed by atoms with Crippen LogP contribution in [-0.4, -0.2) is 4.57 Å². The molecule has 0 unspecified atom stereocenters. The van der Waals surface area contributed by atoms with Crippen molar-refractivity contribution in [2.75, 3.05) is 0 Å². The number of allylic oxidation sites excluding steroid dienone is 3. The molecule has 190 valence electrons. The summed E-state index contributed by atoms with van der Waals surface area (Å²) in [6.45, 7) is 11.7. The van der Waals surface area contributed by atoms with Crippen LogP contribution in [0.1, 0.15) is 86.6 Å². The van der Waals surface area contributed by atoms with E-state index in [1.54, 1.807) is 5.56 Å². The number of rotatable bonds is 5. The van der Waals surface area contributed by atoms with Gasteiger partial charge in [0.2, 0.25) is 0 Å². The largest absolute Gasteiger partial charge is 0.344 e. The minimum Gasteiger partial charge on any atom is -0.344 e. The predicted molar refractivity (Wildman–Crippen MR) is 162 cm³/mol. The Morgan fingerprint density at radius 1 is 0.865 bits per heavy atom. The third kappa shape index (κ3) is 4.09. The van der Waals surface area contributed by atoms with Crippen molar-refractivity contribution in [3.8, 4) is 0 Å². The van der Waals surface area contributed by atoms with E-state index in [1.807, 2.05) is 11.8 Å². The normalized spacial score (nSPS) is 16.7. The van der Waals surface area contributed by atoms with Gasteiger partial charge in [-0.05, 0) is 104 Å². The van der Waals surface area contributed by atoms with Gasteiger partial charge in [-0.1, -0.05) is 74.0 Å². The number of hydrogen-bond acceptors (Lipinski definition) is 1. The van der Waals surface area contributed by atoms with E-state index >= 15 is 0 Å². The van der Waals surface area contributed by atoms with E-state index in [0.29, 0.717) is 5.92 Å². The average molecular weight is 506 g/mol. The van der Waals surface area contributed by atoms with Crippen molar-refractivity contribution in [2.45, 2.75) is 83.0 Å². The monoisotopic (exact) mass is 505 g/mol. The first-order valence-corrected chi connectivity index (χ1v) is 14.7. The van der Waals surface area contributed by atoms with Crippen LogP contribution >= 0.6 is 11.8 Å². The van der Waals surface area contributed by atoms with Crippen LogP contribution in [0.25, 0.3) is 21.8 Å². The molecule has 0 spiro atoms. The molecular formula is C35H39NS. The van der Waals surface area contributed by atoms with E-state index in [9.17, 15) is 0 Å². The summed E-state index contributed by atoms with van der Waals surface area (Å²) in [5, 5.41) is 2.81. The lowest BCUT2D eigenvalue weighted by molar-refractivity contribution is 0.413. The van der Waals surface area contributed by atoms with Crippen LogP contribution in [0, 0.1) is 13.8 Å². The first-order valence-electron chi connectivity index (χ1n) is 13.9. The maximum absolute atomic E-state index is 2.57. The molecule has 2 aliphatic rings. The quantitative estimate of drug-likeness (QED) is 0.261. The Balaban J connectivity index is 1.55. The van der Waals surface area contributed by atoms with Crippen LogP contribution in [0.4, 0.5) is 0 Å². The van der Waals surface area contributed by atoms with Crippen molar-refractivity contribution in [3.63, 3.8) is 0 Å². The third-order valence-corrected chi connectivity index (χ3v) is 10.5. The topological polar surface area (TPSA) is 4.93 Å². The van der Waals surface area contributed by atoms with E-state index in [2.05, 4.69) is 107 Å². The summed E-state index contributed by atoms with van der Waals surface area (Å²) in [5.74, 6) is 0.682. The van der Waals surface area contributed by atoms with Crippen LogP contribution in [0.5, 0.6) is 0 Å². The van der Waals surface area contributed by atoms with Gasteiger partial charge in [-0.3, -0.25) is 0 Å². The fourth-order valence-corrected chi connectivity index (χ4v) is 7.59. The van der Waals surface area contributed by atoms with E-state index in [-0.39, 0.29) is 5.41 Å². The Morgan fingerprint density at radius 3 is 2.30 bits per heavy atom. The molecule has 1 nitrogen and oxygen atoms in total. The molecule has 3 aromatic carbocycles. The Labute approximate surface area is 226 Å². The number of benzene rings is 3. The molecule has 0 bridgehead atoms. The zero-order chi connectivity index (χ0) is 25.9. The van der Waals surface area contributed by atoms with Crippen LogP contribution in [0.2, 0.25) is 0 Å². The lowest BCUT2D eigenvalue weighted by atomic mass is 9.69. The van der Waals surface area contributed by atoms with Crippen molar-refractivity contribution < 1.29 is 0 Å². The van der Waals surface area contributed by atoms with Crippen LogP contribution in [0.15, 0.2) is 76.1 Å². The molecule has 0 N–H and O–H groups in total. The molecule has 1 aromatic heterocycles. The lowest BCUT2D eigenvalue weighted by Gasteiger charge is -2.35. The Bertz CT molecular complexity index is 1590. The van der Waals surface area contributed by atoms with Crippen molar-refractivity contribution in [1.29, 1.82) is 0 Å². The van der Waals surface area contributed by atoms with Gasteiger partial charge in [0.1, 0.15) is 0 Å². The lowest BCUT2D eigenvalue weighted by Crippen LogP contribution is -2.24. The number of aryl methyl sites for hydroxylation is 3. The molecule has 4 aromatic rings. The fourth-order valence-electron chi connectivity index (χ4n) is 6.52. The number of aromatic nitrogens is 1. The molecule has 37 heavy (non-hydrogen) atoms. The third-order valence-electron chi connectivity index (χ3n) is 9.11. The fraction of sp³-hybridized carbons (Fsp3) is 0.371. The molecule has 0 atom stereocenters. The molecule has 0 aliphatic heterocycles. The highest BCUT2D eigenvalue weighted by atomic mass is 32.2. The highest BCUT2D eigenvalue weighted by molar-refractivity contribution is 8.03. The van der Waals surface area contributed by atoms with E-state index in [4.69, 9.17) is 0 Å². The number of fused-ring (bicyclic) bond motifs is 3. The Morgan fingerprint density at radius 2 is 1.59 bits per heavy atom.